The lowest BCUT2D eigenvalue weighted by molar-refractivity contribution is -0.118. The van der Waals surface area contributed by atoms with Crippen LogP contribution in [0.1, 0.15) is 51.5 Å². The molecule has 1 N–H and O–H groups in total. The standard InChI is InChI=1S/C14H18N2.C5H10O/c1-2-4-13-11(3-1)5-6-14(16-13)12-7-9-15-10-8-12;1-3-5(6)4-2/h1-4,12,15H,5-10H2;3-4H2,1-2H3. The summed E-state index contributed by atoms with van der Waals surface area (Å²) < 4.78 is 0. The summed E-state index contributed by atoms with van der Waals surface area (Å²) in [5, 5.41) is 3.42. The van der Waals surface area contributed by atoms with Crippen LogP contribution >= 0.6 is 0 Å². The predicted molar refractivity (Wildman–Crippen MR) is 93.0 cm³/mol. The first kappa shape index (κ1) is 16.9. The monoisotopic (exact) mass is 300 g/mol. The number of hydrogen-bond donors (Lipinski definition) is 1. The Bertz CT molecular complexity index is 510. The number of rotatable bonds is 3. The number of Topliss-reactive ketones (excluding diaryl/α,β-unsaturated/α-hetero) is 1. The predicted octanol–water partition coefficient (Wildman–Crippen LogP) is 4.08. The summed E-state index contributed by atoms with van der Waals surface area (Å²) in [5.41, 5.74) is 4.07. The van der Waals surface area contributed by atoms with Gasteiger partial charge in [-0.15, -0.1) is 0 Å². The fourth-order valence-corrected chi connectivity index (χ4v) is 3.01. The van der Waals surface area contributed by atoms with Gasteiger partial charge in [0.05, 0.1) is 5.69 Å². The number of aliphatic imine (C=N–C) groups is 1. The number of nitrogens with zero attached hydrogens (tertiary/aromatic N) is 1. The van der Waals surface area contributed by atoms with Crippen molar-refractivity contribution in [2.75, 3.05) is 13.1 Å². The van der Waals surface area contributed by atoms with Gasteiger partial charge in [-0.25, -0.2) is 0 Å². The molecule has 3 heteroatoms. The summed E-state index contributed by atoms with van der Waals surface area (Å²) in [6.07, 6.45) is 6.26. The highest BCUT2D eigenvalue weighted by Gasteiger charge is 2.21. The summed E-state index contributed by atoms with van der Waals surface area (Å²) in [5.74, 6) is 1.07. The largest absolute Gasteiger partial charge is 0.317 e. The smallest absolute Gasteiger partial charge is 0.132 e. The van der Waals surface area contributed by atoms with Crippen LogP contribution in [-0.2, 0) is 11.2 Å². The van der Waals surface area contributed by atoms with E-state index in [-0.39, 0.29) is 0 Å². The van der Waals surface area contributed by atoms with Gasteiger partial charge < -0.3 is 5.32 Å². The molecule has 2 heterocycles. The van der Waals surface area contributed by atoms with Gasteiger partial charge in [0.1, 0.15) is 5.78 Å². The number of piperidine rings is 1. The maximum absolute atomic E-state index is 10.2. The number of hydrogen-bond acceptors (Lipinski definition) is 3. The zero-order valence-corrected chi connectivity index (χ0v) is 13.9. The second-order valence-electron chi connectivity index (χ2n) is 6.00. The molecule has 0 unspecified atom stereocenters. The van der Waals surface area contributed by atoms with Crippen molar-refractivity contribution in [1.82, 2.24) is 5.32 Å². The minimum atomic E-state index is 0.343. The second kappa shape index (κ2) is 8.84. The van der Waals surface area contributed by atoms with Crippen LogP contribution in [0, 0.1) is 5.92 Å². The van der Waals surface area contributed by atoms with Crippen LogP contribution < -0.4 is 5.32 Å². The Labute approximate surface area is 134 Å². The molecule has 1 aromatic rings. The molecule has 0 atom stereocenters. The van der Waals surface area contributed by atoms with E-state index in [2.05, 4.69) is 29.6 Å². The van der Waals surface area contributed by atoms with Gasteiger partial charge in [-0.3, -0.25) is 9.79 Å². The number of nitrogens with one attached hydrogen (secondary N) is 1. The third-order valence-corrected chi connectivity index (χ3v) is 4.51. The maximum atomic E-state index is 10.2. The van der Waals surface area contributed by atoms with Gasteiger partial charge in [-0.05, 0) is 56.3 Å². The van der Waals surface area contributed by atoms with Crippen LogP contribution in [0.4, 0.5) is 5.69 Å². The molecule has 3 nitrogen and oxygen atoms in total. The average Bonchev–Trinajstić information content (AvgIpc) is 2.62. The molecule has 1 saturated heterocycles. The molecule has 0 radical (unpaired) electrons. The molecule has 22 heavy (non-hydrogen) atoms. The Balaban J connectivity index is 0.000000254. The van der Waals surface area contributed by atoms with Gasteiger partial charge in [-0.1, -0.05) is 32.0 Å². The Morgan fingerprint density at radius 1 is 1.14 bits per heavy atom. The molecule has 0 aromatic heterocycles. The van der Waals surface area contributed by atoms with E-state index in [1.54, 1.807) is 0 Å². The lowest BCUT2D eigenvalue weighted by Crippen LogP contribution is -2.32. The molecule has 3 rings (SSSR count). The number of fused-ring (bicyclic) bond motifs is 1. The van der Waals surface area contributed by atoms with Crippen LogP contribution in [-0.4, -0.2) is 24.6 Å². The van der Waals surface area contributed by atoms with Crippen LogP contribution in [0.2, 0.25) is 0 Å². The summed E-state index contributed by atoms with van der Waals surface area (Å²) in [7, 11) is 0. The van der Waals surface area contributed by atoms with E-state index in [1.807, 2.05) is 13.8 Å². The van der Waals surface area contributed by atoms with Crippen molar-refractivity contribution >= 4 is 17.2 Å². The van der Waals surface area contributed by atoms with Crippen molar-refractivity contribution in [3.63, 3.8) is 0 Å². The number of carbonyl (C=O) groups excluding carboxylic acids is 1. The maximum Gasteiger partial charge on any atom is 0.132 e. The van der Waals surface area contributed by atoms with E-state index in [0.717, 1.165) is 19.0 Å². The average molecular weight is 300 g/mol. The fourth-order valence-electron chi connectivity index (χ4n) is 3.01. The SMILES string of the molecule is CCC(=O)CC.c1ccc2c(c1)CCC(C1CCNCC1)=N2. The molecular formula is C19H28N2O. The van der Waals surface area contributed by atoms with Crippen molar-refractivity contribution < 1.29 is 4.79 Å². The van der Waals surface area contributed by atoms with E-state index >= 15 is 0 Å². The number of para-hydroxylation sites is 1. The van der Waals surface area contributed by atoms with E-state index in [4.69, 9.17) is 4.99 Å². The Kier molecular flexibility index (Phi) is 6.78. The van der Waals surface area contributed by atoms with E-state index < -0.39 is 0 Å². The summed E-state index contributed by atoms with van der Waals surface area (Å²) in [6, 6.07) is 8.56. The van der Waals surface area contributed by atoms with Crippen molar-refractivity contribution in [3.8, 4) is 0 Å². The van der Waals surface area contributed by atoms with Crippen molar-refractivity contribution in [1.29, 1.82) is 0 Å². The second-order valence-corrected chi connectivity index (χ2v) is 6.00. The molecule has 2 aliphatic rings. The van der Waals surface area contributed by atoms with Crippen molar-refractivity contribution in [2.24, 2.45) is 10.9 Å². The van der Waals surface area contributed by atoms with Crippen LogP contribution in [0.5, 0.6) is 0 Å². The molecule has 1 aromatic carbocycles. The first-order valence-electron chi connectivity index (χ1n) is 8.62. The van der Waals surface area contributed by atoms with Crippen molar-refractivity contribution in [3.05, 3.63) is 29.8 Å². The first-order valence-corrected chi connectivity index (χ1v) is 8.62. The minimum Gasteiger partial charge on any atom is -0.317 e. The van der Waals surface area contributed by atoms with Gasteiger partial charge in [0.2, 0.25) is 0 Å². The van der Waals surface area contributed by atoms with Gasteiger partial charge in [-0.2, -0.15) is 0 Å². The lowest BCUT2D eigenvalue weighted by Gasteiger charge is -2.26. The van der Waals surface area contributed by atoms with Gasteiger partial charge >= 0.3 is 0 Å². The Morgan fingerprint density at radius 3 is 2.45 bits per heavy atom. The molecule has 0 saturated carbocycles. The number of aryl methyl sites for hydroxylation is 1. The third kappa shape index (κ3) is 4.77. The Hall–Kier alpha value is -1.48. The van der Waals surface area contributed by atoms with E-state index in [0.29, 0.717) is 18.6 Å². The molecule has 0 amide bonds. The first-order chi connectivity index (χ1) is 10.7. The van der Waals surface area contributed by atoms with Crippen LogP contribution in [0.15, 0.2) is 29.3 Å². The highest BCUT2D eigenvalue weighted by atomic mass is 16.1. The zero-order chi connectivity index (χ0) is 15.8. The van der Waals surface area contributed by atoms with E-state index in [1.165, 1.54) is 42.6 Å². The molecular weight excluding hydrogens is 272 g/mol. The highest BCUT2D eigenvalue weighted by molar-refractivity contribution is 5.91. The molecule has 120 valence electrons. The number of carbonyl (C=O) groups is 1. The normalized spacial score (nSPS) is 17.8. The topological polar surface area (TPSA) is 41.5 Å². The fraction of sp³-hybridized carbons (Fsp3) is 0.579. The number of ketones is 1. The summed E-state index contributed by atoms with van der Waals surface area (Å²) in [6.45, 7) is 6.08. The number of benzene rings is 1. The molecule has 0 spiro atoms. The summed E-state index contributed by atoms with van der Waals surface area (Å²) in [4.78, 5) is 15.0. The summed E-state index contributed by atoms with van der Waals surface area (Å²) >= 11 is 0. The highest BCUT2D eigenvalue weighted by Crippen LogP contribution is 2.29. The molecule has 1 fully saturated rings. The zero-order valence-electron chi connectivity index (χ0n) is 13.9. The minimum absolute atomic E-state index is 0.343. The van der Waals surface area contributed by atoms with Crippen LogP contribution in [0.3, 0.4) is 0 Å². The van der Waals surface area contributed by atoms with Gasteiger partial charge in [0.25, 0.3) is 0 Å². The Morgan fingerprint density at radius 2 is 1.82 bits per heavy atom. The van der Waals surface area contributed by atoms with Crippen LogP contribution in [0.25, 0.3) is 0 Å². The molecule has 0 aliphatic carbocycles. The van der Waals surface area contributed by atoms with E-state index in [9.17, 15) is 4.79 Å². The lowest BCUT2D eigenvalue weighted by atomic mass is 9.87. The van der Waals surface area contributed by atoms with Gasteiger partial charge in [0.15, 0.2) is 0 Å². The van der Waals surface area contributed by atoms with Crippen molar-refractivity contribution in [2.45, 2.75) is 52.4 Å². The van der Waals surface area contributed by atoms with Gasteiger partial charge in [0, 0.05) is 18.6 Å². The molecule has 0 bridgehead atoms. The quantitative estimate of drug-likeness (QED) is 0.914. The third-order valence-electron chi connectivity index (χ3n) is 4.51. The molecule has 2 aliphatic heterocycles.